The van der Waals surface area contributed by atoms with Gasteiger partial charge in [0.1, 0.15) is 11.9 Å². The second kappa shape index (κ2) is 5.44. The summed E-state index contributed by atoms with van der Waals surface area (Å²) >= 11 is 0. The Morgan fingerprint density at radius 1 is 1.50 bits per heavy atom. The van der Waals surface area contributed by atoms with E-state index in [1.54, 1.807) is 19.5 Å². The smallest absolute Gasteiger partial charge is 0.140 e. The van der Waals surface area contributed by atoms with Gasteiger partial charge >= 0.3 is 0 Å². The molecule has 1 N–H and O–H groups in total. The van der Waals surface area contributed by atoms with Crippen LogP contribution in [0, 0.1) is 0 Å². The molecular formula is C10H16N2O2. The van der Waals surface area contributed by atoms with Crippen molar-refractivity contribution in [2.75, 3.05) is 26.1 Å². The predicted molar refractivity (Wildman–Crippen MR) is 55.7 cm³/mol. The molecule has 0 radical (unpaired) electrons. The Hall–Kier alpha value is -1.29. The minimum absolute atomic E-state index is 0.0360. The first-order valence-electron chi connectivity index (χ1n) is 4.54. The molecule has 0 aliphatic heterocycles. The third-order valence-corrected chi connectivity index (χ3v) is 1.74. The Morgan fingerprint density at radius 2 is 2.29 bits per heavy atom. The molecule has 0 fully saturated rings. The summed E-state index contributed by atoms with van der Waals surface area (Å²) in [5, 5.41) is 3.00. The number of aromatic nitrogens is 1. The molecule has 1 heterocycles. The molecule has 0 aliphatic carbocycles. The van der Waals surface area contributed by atoms with Gasteiger partial charge in [-0.15, -0.1) is 0 Å². The van der Waals surface area contributed by atoms with Crippen LogP contribution in [0.15, 0.2) is 18.5 Å². The molecule has 0 aliphatic rings. The first kappa shape index (κ1) is 10.8. The molecule has 1 aromatic rings. The van der Waals surface area contributed by atoms with Crippen molar-refractivity contribution in [1.29, 1.82) is 0 Å². The molecule has 14 heavy (non-hydrogen) atoms. The quantitative estimate of drug-likeness (QED) is 0.775. The Labute approximate surface area is 84.3 Å². The van der Waals surface area contributed by atoms with E-state index in [4.69, 9.17) is 9.47 Å². The lowest BCUT2D eigenvalue weighted by Gasteiger charge is -2.13. The average Bonchev–Trinajstić information content (AvgIpc) is 2.18. The molecule has 0 saturated carbocycles. The Balaban J connectivity index is 2.57. The third-order valence-electron chi connectivity index (χ3n) is 1.74. The van der Waals surface area contributed by atoms with Crippen molar-refractivity contribution in [2.24, 2.45) is 0 Å². The molecule has 1 rings (SSSR count). The van der Waals surface area contributed by atoms with Gasteiger partial charge in [0.15, 0.2) is 0 Å². The molecule has 4 nitrogen and oxygen atoms in total. The van der Waals surface area contributed by atoms with Crippen LogP contribution < -0.4 is 10.1 Å². The van der Waals surface area contributed by atoms with Gasteiger partial charge in [-0.25, -0.2) is 0 Å². The monoisotopic (exact) mass is 196 g/mol. The lowest BCUT2D eigenvalue weighted by Crippen LogP contribution is -2.18. The maximum Gasteiger partial charge on any atom is 0.140 e. The fourth-order valence-electron chi connectivity index (χ4n) is 1.12. The van der Waals surface area contributed by atoms with Crippen LogP contribution in [0.3, 0.4) is 0 Å². The highest BCUT2D eigenvalue weighted by atomic mass is 16.5. The molecule has 1 unspecified atom stereocenters. The lowest BCUT2D eigenvalue weighted by molar-refractivity contribution is 0.0919. The zero-order valence-electron chi connectivity index (χ0n) is 8.78. The highest BCUT2D eigenvalue weighted by molar-refractivity contribution is 5.44. The van der Waals surface area contributed by atoms with E-state index in [0.717, 1.165) is 11.4 Å². The highest BCUT2D eigenvalue weighted by Crippen LogP contribution is 2.15. The fraction of sp³-hybridized carbons (Fsp3) is 0.500. The molecule has 0 amide bonds. The lowest BCUT2D eigenvalue weighted by atomic mass is 10.4. The van der Waals surface area contributed by atoms with Crippen molar-refractivity contribution in [3.05, 3.63) is 18.5 Å². The second-order valence-corrected chi connectivity index (χ2v) is 3.04. The Morgan fingerprint density at radius 3 is 2.93 bits per heavy atom. The van der Waals surface area contributed by atoms with Gasteiger partial charge in [-0.3, -0.25) is 4.98 Å². The zero-order chi connectivity index (χ0) is 10.4. The van der Waals surface area contributed by atoms with Gasteiger partial charge in [0.05, 0.1) is 24.7 Å². The van der Waals surface area contributed by atoms with Crippen LogP contribution in [0.1, 0.15) is 6.92 Å². The molecule has 0 bridgehead atoms. The number of pyridine rings is 1. The fourth-order valence-corrected chi connectivity index (χ4v) is 1.12. The summed E-state index contributed by atoms with van der Waals surface area (Å²) in [6, 6.07) is 1.90. The van der Waals surface area contributed by atoms with Crippen molar-refractivity contribution in [2.45, 2.75) is 13.0 Å². The largest absolute Gasteiger partial charge is 0.487 e. The van der Waals surface area contributed by atoms with Gasteiger partial charge in [-0.05, 0) is 6.92 Å². The van der Waals surface area contributed by atoms with Crippen molar-refractivity contribution in [3.8, 4) is 5.75 Å². The van der Waals surface area contributed by atoms with Gasteiger partial charge in [-0.2, -0.15) is 0 Å². The Bertz CT molecular complexity index is 279. The van der Waals surface area contributed by atoms with Crippen molar-refractivity contribution < 1.29 is 9.47 Å². The van der Waals surface area contributed by atoms with Crippen molar-refractivity contribution in [3.63, 3.8) is 0 Å². The summed E-state index contributed by atoms with van der Waals surface area (Å²) < 4.78 is 10.5. The van der Waals surface area contributed by atoms with Crippen molar-refractivity contribution in [1.82, 2.24) is 4.98 Å². The maximum absolute atomic E-state index is 5.57. The number of hydrogen-bond donors (Lipinski definition) is 1. The van der Waals surface area contributed by atoms with Gasteiger partial charge < -0.3 is 14.8 Å². The van der Waals surface area contributed by atoms with E-state index >= 15 is 0 Å². The molecule has 1 aromatic heterocycles. The molecule has 0 spiro atoms. The predicted octanol–water partition coefficient (Wildman–Crippen LogP) is 1.54. The van der Waals surface area contributed by atoms with Gasteiger partial charge in [0.25, 0.3) is 0 Å². The molecule has 78 valence electrons. The summed E-state index contributed by atoms with van der Waals surface area (Å²) in [5.41, 5.74) is 0.937. The summed E-state index contributed by atoms with van der Waals surface area (Å²) in [5.74, 6) is 0.751. The minimum atomic E-state index is 0.0360. The number of methoxy groups -OCH3 is 1. The number of nitrogens with one attached hydrogen (secondary N) is 1. The van der Waals surface area contributed by atoms with Gasteiger partial charge in [0.2, 0.25) is 0 Å². The summed E-state index contributed by atoms with van der Waals surface area (Å²) in [6.07, 6.45) is 3.47. The number of nitrogens with zero attached hydrogens (tertiary/aromatic N) is 1. The third kappa shape index (κ3) is 3.22. The standard InChI is InChI=1S/C10H16N2O2/c1-8(7-13-3)14-10-4-9(11-2)5-12-6-10/h4-6,8,11H,7H2,1-3H3. The Kier molecular flexibility index (Phi) is 4.19. The number of anilines is 1. The topological polar surface area (TPSA) is 43.4 Å². The van der Waals surface area contributed by atoms with E-state index in [9.17, 15) is 0 Å². The SMILES string of the molecule is CNc1cncc(OC(C)COC)c1. The van der Waals surface area contributed by atoms with E-state index in [2.05, 4.69) is 10.3 Å². The van der Waals surface area contributed by atoms with Gasteiger partial charge in [-0.1, -0.05) is 0 Å². The normalized spacial score (nSPS) is 12.2. The van der Waals surface area contributed by atoms with Crippen LogP contribution in [-0.2, 0) is 4.74 Å². The summed E-state index contributed by atoms with van der Waals surface area (Å²) in [7, 11) is 3.50. The second-order valence-electron chi connectivity index (χ2n) is 3.04. The summed E-state index contributed by atoms with van der Waals surface area (Å²) in [4.78, 5) is 4.04. The summed E-state index contributed by atoms with van der Waals surface area (Å²) in [6.45, 7) is 2.53. The molecular weight excluding hydrogens is 180 g/mol. The molecule has 1 atom stereocenters. The van der Waals surface area contributed by atoms with Crippen LogP contribution >= 0.6 is 0 Å². The number of rotatable bonds is 5. The van der Waals surface area contributed by atoms with Crippen LogP contribution in [0.2, 0.25) is 0 Å². The first-order valence-corrected chi connectivity index (χ1v) is 4.54. The van der Waals surface area contributed by atoms with Crippen LogP contribution in [0.25, 0.3) is 0 Å². The van der Waals surface area contributed by atoms with Crippen LogP contribution in [-0.4, -0.2) is 31.9 Å². The van der Waals surface area contributed by atoms with E-state index in [-0.39, 0.29) is 6.10 Å². The molecule has 4 heteroatoms. The number of ether oxygens (including phenoxy) is 2. The maximum atomic E-state index is 5.57. The highest BCUT2D eigenvalue weighted by Gasteiger charge is 2.03. The molecule has 0 aromatic carbocycles. The van der Waals surface area contributed by atoms with E-state index in [0.29, 0.717) is 6.61 Å². The molecule has 0 saturated heterocycles. The van der Waals surface area contributed by atoms with Crippen LogP contribution in [0.5, 0.6) is 5.75 Å². The minimum Gasteiger partial charge on any atom is -0.487 e. The first-order chi connectivity index (χ1) is 6.76. The van der Waals surface area contributed by atoms with E-state index in [1.165, 1.54) is 0 Å². The van der Waals surface area contributed by atoms with E-state index in [1.807, 2.05) is 20.0 Å². The van der Waals surface area contributed by atoms with Crippen LogP contribution in [0.4, 0.5) is 5.69 Å². The van der Waals surface area contributed by atoms with Crippen molar-refractivity contribution >= 4 is 5.69 Å². The van der Waals surface area contributed by atoms with E-state index < -0.39 is 0 Å². The number of hydrogen-bond acceptors (Lipinski definition) is 4. The zero-order valence-corrected chi connectivity index (χ0v) is 8.78. The average molecular weight is 196 g/mol. The van der Waals surface area contributed by atoms with Gasteiger partial charge in [0, 0.05) is 20.2 Å².